The number of primary amides is 1. The molecule has 0 unspecified atom stereocenters. The SMILES string of the molecule is COCCOc1ccccc1-n1cc2ccc(N(CCc3ccncc3)C(N)=O)cc2n1. The number of methoxy groups -OCH3 is 1. The van der Waals surface area contributed by atoms with E-state index >= 15 is 0 Å². The van der Waals surface area contributed by atoms with E-state index in [9.17, 15) is 4.79 Å². The number of nitrogens with two attached hydrogens (primary N) is 1. The number of carbonyl (C=O) groups excluding carboxylic acids is 1. The molecule has 2 amide bonds. The number of amides is 2. The quantitative estimate of drug-likeness (QED) is 0.409. The minimum absolute atomic E-state index is 0.448. The number of rotatable bonds is 9. The lowest BCUT2D eigenvalue weighted by Gasteiger charge is -2.20. The molecule has 4 aromatic rings. The van der Waals surface area contributed by atoms with Gasteiger partial charge in [-0.15, -0.1) is 0 Å². The molecule has 0 bridgehead atoms. The molecule has 0 aliphatic rings. The molecule has 4 rings (SSSR count). The number of benzene rings is 2. The van der Waals surface area contributed by atoms with Crippen LogP contribution in [0.25, 0.3) is 16.6 Å². The zero-order chi connectivity index (χ0) is 22.3. The second kappa shape index (κ2) is 9.93. The molecule has 0 atom stereocenters. The Hall–Kier alpha value is -3.91. The third kappa shape index (κ3) is 4.87. The van der Waals surface area contributed by atoms with Gasteiger partial charge in [0, 0.05) is 43.3 Å². The molecule has 2 aromatic carbocycles. The first kappa shape index (κ1) is 21.3. The number of aromatic nitrogens is 3. The minimum atomic E-state index is -0.505. The number of hydrogen-bond donors (Lipinski definition) is 1. The number of pyridine rings is 1. The number of nitrogens with zero attached hydrogens (tertiary/aromatic N) is 4. The van der Waals surface area contributed by atoms with Crippen molar-refractivity contribution in [3.05, 3.63) is 78.8 Å². The Bertz CT molecular complexity index is 1190. The van der Waals surface area contributed by atoms with E-state index < -0.39 is 6.03 Å². The van der Waals surface area contributed by atoms with Crippen molar-refractivity contribution in [2.75, 3.05) is 31.8 Å². The van der Waals surface area contributed by atoms with Crippen LogP contribution in [-0.4, -0.2) is 47.7 Å². The van der Waals surface area contributed by atoms with Crippen molar-refractivity contribution in [1.29, 1.82) is 0 Å². The van der Waals surface area contributed by atoms with Crippen molar-refractivity contribution in [1.82, 2.24) is 14.8 Å². The maximum absolute atomic E-state index is 12.1. The normalized spacial score (nSPS) is 10.9. The van der Waals surface area contributed by atoms with Crippen molar-refractivity contribution in [3.8, 4) is 11.4 Å². The molecule has 0 fully saturated rings. The maximum Gasteiger partial charge on any atom is 0.319 e. The highest BCUT2D eigenvalue weighted by atomic mass is 16.5. The first-order valence-electron chi connectivity index (χ1n) is 10.3. The molecule has 0 aliphatic heterocycles. The predicted molar refractivity (Wildman–Crippen MR) is 123 cm³/mol. The number of para-hydroxylation sites is 2. The van der Waals surface area contributed by atoms with Crippen LogP contribution in [0.1, 0.15) is 5.56 Å². The largest absolute Gasteiger partial charge is 0.489 e. The lowest BCUT2D eigenvalue weighted by atomic mass is 10.1. The van der Waals surface area contributed by atoms with Gasteiger partial charge < -0.3 is 15.2 Å². The highest BCUT2D eigenvalue weighted by Gasteiger charge is 2.15. The van der Waals surface area contributed by atoms with Gasteiger partial charge in [0.1, 0.15) is 18.0 Å². The molecule has 0 saturated carbocycles. The lowest BCUT2D eigenvalue weighted by molar-refractivity contribution is 0.146. The molecular weight excluding hydrogens is 406 g/mol. The van der Waals surface area contributed by atoms with E-state index in [2.05, 4.69) is 4.98 Å². The number of fused-ring (bicyclic) bond motifs is 1. The van der Waals surface area contributed by atoms with Gasteiger partial charge in [-0.25, -0.2) is 9.48 Å². The molecule has 2 aromatic heterocycles. The molecule has 0 aliphatic carbocycles. The fourth-order valence-electron chi connectivity index (χ4n) is 3.46. The third-order valence-electron chi connectivity index (χ3n) is 5.10. The fourth-order valence-corrected chi connectivity index (χ4v) is 3.46. The summed E-state index contributed by atoms with van der Waals surface area (Å²) >= 11 is 0. The van der Waals surface area contributed by atoms with Gasteiger partial charge in [0.05, 0.1) is 12.1 Å². The average molecular weight is 431 g/mol. The van der Waals surface area contributed by atoms with Crippen molar-refractivity contribution in [3.63, 3.8) is 0 Å². The summed E-state index contributed by atoms with van der Waals surface area (Å²) in [7, 11) is 1.64. The van der Waals surface area contributed by atoms with Crippen LogP contribution in [0.3, 0.4) is 0 Å². The molecule has 2 N–H and O–H groups in total. The van der Waals surface area contributed by atoms with Gasteiger partial charge in [0.15, 0.2) is 0 Å². The van der Waals surface area contributed by atoms with Crippen LogP contribution < -0.4 is 15.4 Å². The standard InChI is InChI=1S/C24H25N5O3/c1-31-14-15-32-23-5-3-2-4-22(23)29-17-19-6-7-20(16-21(19)27-29)28(24(25)30)13-10-18-8-11-26-12-9-18/h2-9,11-12,16-17H,10,13-15H2,1H3,(H2,25,30). The van der Waals surface area contributed by atoms with Crippen LogP contribution in [0.5, 0.6) is 5.75 Å². The van der Waals surface area contributed by atoms with E-state index in [1.165, 1.54) is 0 Å². The van der Waals surface area contributed by atoms with Gasteiger partial charge in [-0.2, -0.15) is 5.10 Å². The summed E-state index contributed by atoms with van der Waals surface area (Å²) < 4.78 is 12.7. The third-order valence-corrected chi connectivity index (χ3v) is 5.10. The Morgan fingerprint density at radius 3 is 2.69 bits per heavy atom. The maximum atomic E-state index is 12.1. The number of carbonyl (C=O) groups is 1. The summed E-state index contributed by atoms with van der Waals surface area (Å²) in [6.45, 7) is 1.41. The molecule has 8 heteroatoms. The second-order valence-corrected chi connectivity index (χ2v) is 7.22. The highest BCUT2D eigenvalue weighted by molar-refractivity contribution is 5.93. The molecule has 0 saturated heterocycles. The average Bonchev–Trinajstić information content (AvgIpc) is 3.23. The van der Waals surface area contributed by atoms with E-state index in [4.69, 9.17) is 20.3 Å². The molecule has 0 spiro atoms. The molecule has 8 nitrogen and oxygen atoms in total. The number of ether oxygens (including phenoxy) is 2. The van der Waals surface area contributed by atoms with Gasteiger partial charge in [0.2, 0.25) is 0 Å². The Morgan fingerprint density at radius 1 is 1.09 bits per heavy atom. The van der Waals surface area contributed by atoms with Gasteiger partial charge in [-0.3, -0.25) is 9.88 Å². The molecule has 0 radical (unpaired) electrons. The first-order chi connectivity index (χ1) is 15.7. The van der Waals surface area contributed by atoms with E-state index in [0.717, 1.165) is 22.2 Å². The van der Waals surface area contributed by atoms with Crippen LogP contribution in [-0.2, 0) is 11.2 Å². The summed E-state index contributed by atoms with van der Waals surface area (Å²) in [5, 5.41) is 5.65. The monoisotopic (exact) mass is 431 g/mol. The van der Waals surface area contributed by atoms with E-state index in [0.29, 0.717) is 37.6 Å². The van der Waals surface area contributed by atoms with Crippen LogP contribution in [0, 0.1) is 0 Å². The highest BCUT2D eigenvalue weighted by Crippen LogP contribution is 2.26. The minimum Gasteiger partial charge on any atom is -0.489 e. The Kier molecular flexibility index (Phi) is 6.62. The Balaban J connectivity index is 1.59. The summed E-state index contributed by atoms with van der Waals surface area (Å²) in [5.74, 6) is 0.716. The Morgan fingerprint density at radius 2 is 1.91 bits per heavy atom. The van der Waals surface area contributed by atoms with Crippen LogP contribution in [0.15, 0.2) is 73.2 Å². The zero-order valence-electron chi connectivity index (χ0n) is 17.8. The zero-order valence-corrected chi connectivity index (χ0v) is 17.8. The van der Waals surface area contributed by atoms with Crippen molar-refractivity contribution in [2.45, 2.75) is 6.42 Å². The Labute approximate surface area is 186 Å². The van der Waals surface area contributed by atoms with Crippen molar-refractivity contribution in [2.24, 2.45) is 5.73 Å². The van der Waals surface area contributed by atoms with Gasteiger partial charge in [-0.1, -0.05) is 12.1 Å². The first-order valence-corrected chi connectivity index (χ1v) is 10.3. The van der Waals surface area contributed by atoms with E-state index in [-0.39, 0.29) is 0 Å². The smallest absolute Gasteiger partial charge is 0.319 e. The van der Waals surface area contributed by atoms with Crippen molar-refractivity contribution >= 4 is 22.6 Å². The molecule has 32 heavy (non-hydrogen) atoms. The van der Waals surface area contributed by atoms with Gasteiger partial charge in [-0.05, 0) is 54.4 Å². The molecular formula is C24H25N5O3. The molecule has 2 heterocycles. The van der Waals surface area contributed by atoms with E-state index in [1.54, 1.807) is 29.1 Å². The van der Waals surface area contributed by atoms with Gasteiger partial charge in [0.25, 0.3) is 0 Å². The fraction of sp³-hybridized carbons (Fsp3) is 0.208. The topological polar surface area (TPSA) is 95.5 Å². The summed E-state index contributed by atoms with van der Waals surface area (Å²) in [6.07, 6.45) is 6.08. The second-order valence-electron chi connectivity index (χ2n) is 7.22. The number of hydrogen-bond acceptors (Lipinski definition) is 5. The lowest BCUT2D eigenvalue weighted by Crippen LogP contribution is -2.37. The summed E-state index contributed by atoms with van der Waals surface area (Å²) in [6, 6.07) is 16.7. The summed E-state index contributed by atoms with van der Waals surface area (Å²) in [4.78, 5) is 17.7. The summed E-state index contributed by atoms with van der Waals surface area (Å²) in [5.41, 5.74) is 9.04. The van der Waals surface area contributed by atoms with Crippen molar-refractivity contribution < 1.29 is 14.3 Å². The number of anilines is 1. The predicted octanol–water partition coefficient (Wildman–Crippen LogP) is 3.57. The van der Waals surface area contributed by atoms with Crippen LogP contribution in [0.4, 0.5) is 10.5 Å². The van der Waals surface area contributed by atoms with E-state index in [1.807, 2.05) is 60.8 Å². The van der Waals surface area contributed by atoms with Gasteiger partial charge >= 0.3 is 6.03 Å². The van der Waals surface area contributed by atoms with Crippen LogP contribution in [0.2, 0.25) is 0 Å². The number of urea groups is 1. The van der Waals surface area contributed by atoms with Crippen LogP contribution >= 0.6 is 0 Å². The molecule has 164 valence electrons.